The van der Waals surface area contributed by atoms with E-state index in [0.29, 0.717) is 0 Å². The second-order valence-corrected chi connectivity index (χ2v) is 5.27. The summed E-state index contributed by atoms with van der Waals surface area (Å²) in [4.78, 5) is 0. The first-order valence-electron chi connectivity index (χ1n) is 5.59. The monoisotopic (exact) mass is 304 g/mol. The summed E-state index contributed by atoms with van der Waals surface area (Å²) in [5.74, 6) is 5.58. The van der Waals surface area contributed by atoms with E-state index in [2.05, 4.69) is 34.3 Å². The van der Waals surface area contributed by atoms with Gasteiger partial charge < -0.3 is 0 Å². The maximum Gasteiger partial charge on any atom is 0.0460 e. The Balaban J connectivity index is 2.70. The van der Waals surface area contributed by atoms with E-state index in [1.165, 1.54) is 19.3 Å². The third-order valence-electron chi connectivity index (χ3n) is 2.58. The first-order chi connectivity index (χ1) is 7.67. The molecule has 0 aliphatic carbocycles. The number of hydrogen-bond donors (Lipinski definition) is 2. The Morgan fingerprint density at radius 2 is 2.12 bits per heavy atom. The zero-order valence-corrected chi connectivity index (χ0v) is 11.8. The smallest absolute Gasteiger partial charge is 0.0460 e. The van der Waals surface area contributed by atoms with Crippen LogP contribution < -0.4 is 11.3 Å². The minimum atomic E-state index is 0.182. The molecule has 0 saturated heterocycles. The number of hydrazine groups is 1. The van der Waals surface area contributed by atoms with Crippen LogP contribution in [0.15, 0.2) is 22.7 Å². The lowest BCUT2D eigenvalue weighted by Crippen LogP contribution is -2.28. The van der Waals surface area contributed by atoms with Gasteiger partial charge in [0.05, 0.1) is 0 Å². The summed E-state index contributed by atoms with van der Waals surface area (Å²) in [5.41, 5.74) is 3.99. The summed E-state index contributed by atoms with van der Waals surface area (Å²) in [5, 5.41) is 0.736. The molecule has 0 fully saturated rings. The summed E-state index contributed by atoms with van der Waals surface area (Å²) in [6, 6.07) is 6.08. The zero-order chi connectivity index (χ0) is 12.0. The Labute approximate surface area is 111 Å². The van der Waals surface area contributed by atoms with E-state index in [4.69, 9.17) is 17.4 Å². The van der Waals surface area contributed by atoms with E-state index in [1.807, 2.05) is 12.1 Å². The molecule has 16 heavy (non-hydrogen) atoms. The molecule has 0 bridgehead atoms. The second-order valence-electron chi connectivity index (χ2n) is 3.92. The van der Waals surface area contributed by atoms with Crippen molar-refractivity contribution in [3.05, 3.63) is 33.3 Å². The molecule has 0 aromatic heterocycles. The van der Waals surface area contributed by atoms with Crippen molar-refractivity contribution < 1.29 is 0 Å². The van der Waals surface area contributed by atoms with Crippen LogP contribution in [0.5, 0.6) is 0 Å². The van der Waals surface area contributed by atoms with Crippen molar-refractivity contribution >= 4 is 27.5 Å². The molecule has 1 aromatic carbocycles. The maximum atomic E-state index is 6.01. The van der Waals surface area contributed by atoms with Crippen LogP contribution in [0.1, 0.15) is 44.2 Å². The molecule has 0 radical (unpaired) electrons. The number of benzene rings is 1. The molecule has 0 spiro atoms. The van der Waals surface area contributed by atoms with E-state index in [0.717, 1.165) is 21.5 Å². The Kier molecular flexibility index (Phi) is 6.36. The molecule has 1 aromatic rings. The van der Waals surface area contributed by atoms with E-state index in [1.54, 1.807) is 0 Å². The molecule has 0 saturated carbocycles. The van der Waals surface area contributed by atoms with Gasteiger partial charge in [-0.2, -0.15) is 0 Å². The first kappa shape index (κ1) is 14.0. The number of nitrogens with one attached hydrogen (secondary N) is 1. The lowest BCUT2D eigenvalue weighted by Gasteiger charge is -2.16. The molecule has 2 nitrogen and oxygen atoms in total. The second kappa shape index (κ2) is 7.28. The Morgan fingerprint density at radius 3 is 2.69 bits per heavy atom. The average Bonchev–Trinajstić information content (AvgIpc) is 2.23. The van der Waals surface area contributed by atoms with Gasteiger partial charge in [0.2, 0.25) is 0 Å². The van der Waals surface area contributed by atoms with Crippen LogP contribution in [0, 0.1) is 0 Å². The predicted molar refractivity (Wildman–Crippen MR) is 73.4 cm³/mol. The van der Waals surface area contributed by atoms with Gasteiger partial charge in [0.1, 0.15) is 0 Å². The number of rotatable bonds is 6. The molecule has 1 unspecified atom stereocenters. The summed E-state index contributed by atoms with van der Waals surface area (Å²) >= 11 is 9.45. The molecule has 90 valence electrons. The van der Waals surface area contributed by atoms with E-state index >= 15 is 0 Å². The van der Waals surface area contributed by atoms with Gasteiger partial charge in [-0.25, -0.2) is 0 Å². The highest BCUT2D eigenvalue weighted by Crippen LogP contribution is 2.26. The van der Waals surface area contributed by atoms with Gasteiger partial charge in [-0.15, -0.1) is 0 Å². The van der Waals surface area contributed by atoms with Gasteiger partial charge in [0, 0.05) is 15.5 Å². The van der Waals surface area contributed by atoms with Gasteiger partial charge in [0.25, 0.3) is 0 Å². The summed E-state index contributed by atoms with van der Waals surface area (Å²) in [6.07, 6.45) is 4.67. The van der Waals surface area contributed by atoms with Crippen LogP contribution in [-0.2, 0) is 0 Å². The number of nitrogens with two attached hydrogens (primary N) is 1. The van der Waals surface area contributed by atoms with Gasteiger partial charge in [-0.05, 0) is 30.2 Å². The fourth-order valence-corrected chi connectivity index (χ4v) is 2.61. The lowest BCUT2D eigenvalue weighted by molar-refractivity contribution is 0.487. The highest BCUT2D eigenvalue weighted by molar-refractivity contribution is 9.10. The van der Waals surface area contributed by atoms with Gasteiger partial charge in [-0.1, -0.05) is 53.7 Å². The molecular weight excluding hydrogens is 288 g/mol. The van der Waals surface area contributed by atoms with Crippen LogP contribution in [0.2, 0.25) is 5.02 Å². The van der Waals surface area contributed by atoms with Crippen LogP contribution in [0.25, 0.3) is 0 Å². The Bertz CT molecular complexity index is 311. The molecule has 4 heteroatoms. The molecule has 1 rings (SSSR count). The number of hydrogen-bond acceptors (Lipinski definition) is 2. The topological polar surface area (TPSA) is 38.0 Å². The molecule has 0 amide bonds. The van der Waals surface area contributed by atoms with E-state index in [-0.39, 0.29) is 6.04 Å². The van der Waals surface area contributed by atoms with Crippen molar-refractivity contribution in [3.63, 3.8) is 0 Å². The van der Waals surface area contributed by atoms with E-state index < -0.39 is 0 Å². The fraction of sp³-hybridized carbons (Fsp3) is 0.500. The molecule has 0 heterocycles. The van der Waals surface area contributed by atoms with Gasteiger partial charge in [0.15, 0.2) is 0 Å². The molecule has 1 atom stereocenters. The van der Waals surface area contributed by atoms with Crippen molar-refractivity contribution in [1.82, 2.24) is 5.43 Å². The van der Waals surface area contributed by atoms with Crippen LogP contribution in [0.3, 0.4) is 0 Å². The highest BCUT2D eigenvalue weighted by atomic mass is 79.9. The fourth-order valence-electron chi connectivity index (χ4n) is 1.72. The summed E-state index contributed by atoms with van der Waals surface area (Å²) < 4.78 is 0.991. The van der Waals surface area contributed by atoms with Crippen molar-refractivity contribution in [1.29, 1.82) is 0 Å². The van der Waals surface area contributed by atoms with Gasteiger partial charge >= 0.3 is 0 Å². The predicted octanol–water partition coefficient (Wildman–Crippen LogP) is 4.19. The first-order valence-corrected chi connectivity index (χ1v) is 6.76. The molecule has 3 N–H and O–H groups in total. The molecule has 0 aliphatic heterocycles. The third-order valence-corrected chi connectivity index (χ3v) is 3.26. The Hall–Kier alpha value is -0.0900. The largest absolute Gasteiger partial charge is 0.271 e. The summed E-state index contributed by atoms with van der Waals surface area (Å²) in [6.45, 7) is 2.20. The minimum Gasteiger partial charge on any atom is -0.271 e. The third kappa shape index (κ3) is 4.42. The number of unbranched alkanes of at least 4 members (excludes halogenated alkanes) is 2. The minimum absolute atomic E-state index is 0.182. The SMILES string of the molecule is CCCCCC(NN)c1cc(Cl)cc(Br)c1. The molecular formula is C12H18BrClN2. The normalized spacial score (nSPS) is 12.8. The zero-order valence-electron chi connectivity index (χ0n) is 9.47. The van der Waals surface area contributed by atoms with Crippen LogP contribution in [-0.4, -0.2) is 0 Å². The van der Waals surface area contributed by atoms with Crippen LogP contribution in [0.4, 0.5) is 0 Å². The van der Waals surface area contributed by atoms with Crippen molar-refractivity contribution in [2.45, 2.75) is 38.6 Å². The van der Waals surface area contributed by atoms with Crippen molar-refractivity contribution in [2.24, 2.45) is 5.84 Å². The average molecular weight is 306 g/mol. The Morgan fingerprint density at radius 1 is 1.38 bits per heavy atom. The quantitative estimate of drug-likeness (QED) is 0.470. The van der Waals surface area contributed by atoms with Crippen LogP contribution >= 0.6 is 27.5 Å². The lowest BCUT2D eigenvalue weighted by atomic mass is 10.0. The maximum absolute atomic E-state index is 6.01. The van der Waals surface area contributed by atoms with Gasteiger partial charge in [-0.3, -0.25) is 11.3 Å². The highest BCUT2D eigenvalue weighted by Gasteiger charge is 2.10. The summed E-state index contributed by atoms with van der Waals surface area (Å²) in [7, 11) is 0. The van der Waals surface area contributed by atoms with E-state index in [9.17, 15) is 0 Å². The van der Waals surface area contributed by atoms with Crippen molar-refractivity contribution in [2.75, 3.05) is 0 Å². The van der Waals surface area contributed by atoms with Crippen molar-refractivity contribution in [3.8, 4) is 0 Å². The molecule has 0 aliphatic rings. The standard InChI is InChI=1S/C12H18BrClN2/c1-2-3-4-5-12(16-15)9-6-10(13)8-11(14)7-9/h6-8,12,16H,2-5,15H2,1H3. The number of halogens is 2.